The van der Waals surface area contributed by atoms with E-state index < -0.39 is 0 Å². The summed E-state index contributed by atoms with van der Waals surface area (Å²) < 4.78 is 4.01. The van der Waals surface area contributed by atoms with Crippen LogP contribution >= 0.6 is 0 Å². The number of hydrogen-bond acceptors (Lipinski definition) is 13. The first-order chi connectivity index (χ1) is 50.6. The average Bonchev–Trinajstić information content (AvgIpc) is 1.63. The minimum absolute atomic E-state index is 0.172. The Hall–Kier alpha value is -12.3. The van der Waals surface area contributed by atoms with Gasteiger partial charge in [-0.25, -0.2) is 15.0 Å². The molecule has 0 saturated heterocycles. The van der Waals surface area contributed by atoms with Crippen molar-refractivity contribution in [3.63, 3.8) is 0 Å². The Morgan fingerprint density at radius 1 is 0.340 bits per heavy atom. The van der Waals surface area contributed by atoms with E-state index in [1.165, 1.54) is 0 Å². The SMILES string of the molecule is CCn1c(-c2cc(C)c(O)c(C)c2)nc(-c2ccc(N(C)C)cc2)c1-c1ccc(N(C)C)cc1.Cc1cc(-c2nc(-c3ccc(N(C)C)cc3)c(-c3ccc(N(C)C)cc3)[nH]2)cc(C)c1O.Cc1cc(-c2nc(-c3ccc(N(C)C)cc3)c(-c3ccc(N(C)C)cc3)n2C(=O)c2ccccc2)cc(C)c1O. The van der Waals surface area contributed by atoms with Gasteiger partial charge < -0.3 is 54.3 Å². The van der Waals surface area contributed by atoms with Gasteiger partial charge in [0.2, 0.25) is 0 Å². The lowest BCUT2D eigenvalue weighted by molar-refractivity contribution is 0.0963. The fourth-order valence-electron chi connectivity index (χ4n) is 13.2. The maximum absolute atomic E-state index is 14.3. The van der Waals surface area contributed by atoms with Crippen molar-refractivity contribution < 1.29 is 20.1 Å². The van der Waals surface area contributed by atoms with Gasteiger partial charge in [0.25, 0.3) is 5.91 Å². The van der Waals surface area contributed by atoms with Gasteiger partial charge in [-0.05, 0) is 203 Å². The van der Waals surface area contributed by atoms with Crippen LogP contribution in [0.15, 0.2) is 212 Å². The maximum Gasteiger partial charge on any atom is 0.264 e. The maximum atomic E-state index is 14.3. The smallest absolute Gasteiger partial charge is 0.264 e. The largest absolute Gasteiger partial charge is 0.507 e. The summed E-state index contributed by atoms with van der Waals surface area (Å²) in [6.07, 6.45) is 0. The highest BCUT2D eigenvalue weighted by molar-refractivity contribution is 6.03. The number of nitrogens with zero attached hydrogens (tertiary/aromatic N) is 11. The number of aromatic hydroxyl groups is 3. The summed E-state index contributed by atoms with van der Waals surface area (Å²) in [5, 5.41) is 31.0. The Morgan fingerprint density at radius 2 is 0.632 bits per heavy atom. The van der Waals surface area contributed by atoms with Gasteiger partial charge in [-0.15, -0.1) is 0 Å². The van der Waals surface area contributed by atoms with E-state index in [4.69, 9.17) is 15.0 Å². The summed E-state index contributed by atoms with van der Waals surface area (Å²) in [5.41, 5.74) is 26.4. The van der Waals surface area contributed by atoms with Crippen molar-refractivity contribution >= 4 is 40.0 Å². The summed E-state index contributed by atoms with van der Waals surface area (Å²) in [6, 6.07) is 71.5. The molecule has 0 saturated carbocycles. The molecule has 3 heterocycles. The van der Waals surface area contributed by atoms with E-state index >= 15 is 0 Å². The van der Waals surface area contributed by atoms with E-state index in [-0.39, 0.29) is 11.7 Å². The summed E-state index contributed by atoms with van der Waals surface area (Å²) in [7, 11) is 24.4. The number of anilines is 6. The summed E-state index contributed by atoms with van der Waals surface area (Å²) in [5.74, 6) is 2.97. The van der Waals surface area contributed by atoms with Crippen LogP contribution in [0.3, 0.4) is 0 Å². The van der Waals surface area contributed by atoms with E-state index in [1.807, 2.05) is 220 Å². The number of carbonyl (C=O) groups excluding carboxylic acids is 1. The summed E-state index contributed by atoms with van der Waals surface area (Å²) >= 11 is 0. The van der Waals surface area contributed by atoms with Crippen molar-refractivity contribution in [1.29, 1.82) is 0 Å². The summed E-state index contributed by atoms with van der Waals surface area (Å²) in [6.45, 7) is 14.4. The molecule has 0 aliphatic carbocycles. The molecule has 0 spiro atoms. The zero-order valence-electron chi connectivity index (χ0n) is 64.6. The van der Waals surface area contributed by atoms with Crippen LogP contribution in [0, 0.1) is 41.5 Å². The van der Waals surface area contributed by atoms with Crippen molar-refractivity contribution in [2.24, 2.45) is 0 Å². The number of aromatic amines is 1. The predicted octanol–water partition coefficient (Wildman–Crippen LogP) is 19.3. The fourth-order valence-corrected chi connectivity index (χ4v) is 13.2. The third-order valence-corrected chi connectivity index (χ3v) is 19.3. The second-order valence-corrected chi connectivity index (χ2v) is 28.3. The molecule has 0 aliphatic rings. The zero-order chi connectivity index (χ0) is 76.1. The standard InChI is InChI=1S/C34H34N4O2.C29H34N4O.C27H30N4O/c1-22-20-27(21-23(2)32(22)39)33-35-30(24-12-16-28(17-13-24)36(3)4)31(25-14-18-29(19-15-25)37(5)6)38(33)34(40)26-10-8-7-9-11-26;1-8-33-27(22-11-15-25(16-12-22)32(6)7)26(21-9-13-24(14-10-21)31(4)5)30-29(33)23-17-19(2)28(34)20(3)18-23;1-17-15-21(16-18(2)26(17)32)27-28-24(19-7-11-22(12-8-19)30(3)4)25(29-27)20-9-13-23(14-10-20)31(5)6/h7-21,39H,1-6H3;9-18,34H,8H2,1-7H3;7-16,32H,1-6H3,(H,28,29). The number of carbonyl (C=O) groups is 1. The van der Waals surface area contributed by atoms with Gasteiger partial charge in [0.1, 0.15) is 34.7 Å². The molecule has 0 radical (unpaired) electrons. The minimum Gasteiger partial charge on any atom is -0.507 e. The van der Waals surface area contributed by atoms with Crippen LogP contribution in [-0.4, -0.2) is 135 Å². The quantitative estimate of drug-likeness (QED) is 0.0682. The lowest BCUT2D eigenvalue weighted by atomic mass is 10.0. The van der Waals surface area contributed by atoms with Gasteiger partial charge in [-0.2, -0.15) is 0 Å². The van der Waals surface area contributed by atoms with E-state index in [1.54, 1.807) is 4.57 Å². The lowest BCUT2D eigenvalue weighted by Gasteiger charge is -2.16. The monoisotopic (exact) mass is 1410 g/mol. The average molecular weight is 1410 g/mol. The molecular weight excluding hydrogens is 1310 g/mol. The number of phenolic OH excluding ortho intramolecular Hbond substituents is 3. The Bertz CT molecular complexity index is 5100. The van der Waals surface area contributed by atoms with Crippen molar-refractivity contribution in [2.45, 2.75) is 55.0 Å². The lowest BCUT2D eigenvalue weighted by Crippen LogP contribution is -2.15. The molecular formula is C90H98N12O4. The van der Waals surface area contributed by atoms with Crippen LogP contribution in [0.4, 0.5) is 34.1 Å². The number of imidazole rings is 3. The normalized spacial score (nSPS) is 11.0. The van der Waals surface area contributed by atoms with Crippen molar-refractivity contribution in [1.82, 2.24) is 29.1 Å². The number of H-pyrrole nitrogens is 1. The molecule has 13 aromatic rings. The van der Waals surface area contributed by atoms with Gasteiger partial charge in [0, 0.05) is 181 Å². The molecule has 0 unspecified atom stereocenters. The van der Waals surface area contributed by atoms with Crippen LogP contribution < -0.4 is 29.4 Å². The molecule has 0 amide bonds. The van der Waals surface area contributed by atoms with E-state index in [0.717, 1.165) is 164 Å². The van der Waals surface area contributed by atoms with Crippen LogP contribution in [-0.2, 0) is 6.54 Å². The molecule has 106 heavy (non-hydrogen) atoms. The topological polar surface area (TPSA) is 162 Å². The van der Waals surface area contributed by atoms with E-state index in [9.17, 15) is 20.1 Å². The molecule has 13 rings (SSSR count). The third kappa shape index (κ3) is 15.9. The Labute approximate surface area is 625 Å². The first-order valence-electron chi connectivity index (χ1n) is 35.6. The van der Waals surface area contributed by atoms with Crippen LogP contribution in [0.1, 0.15) is 50.7 Å². The van der Waals surface area contributed by atoms with Gasteiger partial charge in [-0.1, -0.05) is 91.0 Å². The number of phenols is 3. The molecule has 10 aromatic carbocycles. The molecule has 16 heteroatoms. The predicted molar refractivity (Wildman–Crippen MR) is 443 cm³/mol. The van der Waals surface area contributed by atoms with Crippen molar-refractivity contribution in [3.05, 3.63) is 251 Å². The van der Waals surface area contributed by atoms with Crippen molar-refractivity contribution in [3.8, 4) is 119 Å². The highest BCUT2D eigenvalue weighted by Crippen LogP contribution is 2.43. The van der Waals surface area contributed by atoms with Gasteiger partial charge in [-0.3, -0.25) is 9.36 Å². The Kier molecular flexibility index (Phi) is 22.4. The minimum atomic E-state index is -0.172. The molecule has 0 bridgehead atoms. The van der Waals surface area contributed by atoms with Gasteiger partial charge in [0.05, 0.1) is 34.2 Å². The van der Waals surface area contributed by atoms with Gasteiger partial charge >= 0.3 is 0 Å². The second kappa shape index (κ2) is 31.7. The number of aromatic nitrogens is 6. The van der Waals surface area contributed by atoms with Crippen LogP contribution in [0.5, 0.6) is 17.2 Å². The Morgan fingerprint density at radius 3 is 0.981 bits per heavy atom. The number of nitrogens with one attached hydrogen (secondary N) is 1. The molecule has 0 fully saturated rings. The number of hydrogen-bond donors (Lipinski definition) is 4. The first kappa shape index (κ1) is 74.9. The van der Waals surface area contributed by atoms with Crippen LogP contribution in [0.25, 0.3) is 102 Å². The number of benzene rings is 10. The number of aryl methyl sites for hydroxylation is 6. The molecule has 3 aromatic heterocycles. The molecule has 4 N–H and O–H groups in total. The summed E-state index contributed by atoms with van der Waals surface area (Å²) in [4.78, 5) is 45.7. The molecule has 0 atom stereocenters. The van der Waals surface area contributed by atoms with E-state index in [2.05, 4.69) is 164 Å². The van der Waals surface area contributed by atoms with Gasteiger partial charge in [0.15, 0.2) is 0 Å². The molecule has 542 valence electrons. The van der Waals surface area contributed by atoms with E-state index in [0.29, 0.717) is 28.6 Å². The second-order valence-electron chi connectivity index (χ2n) is 28.3. The fraction of sp³-hybridized carbons (Fsp3) is 0.222. The number of rotatable bonds is 17. The highest BCUT2D eigenvalue weighted by atomic mass is 16.3. The zero-order valence-corrected chi connectivity index (χ0v) is 64.6. The Balaban J connectivity index is 0.000000160. The molecule has 16 nitrogen and oxygen atoms in total. The van der Waals surface area contributed by atoms with Crippen LogP contribution in [0.2, 0.25) is 0 Å². The van der Waals surface area contributed by atoms with Crippen molar-refractivity contribution in [2.75, 3.05) is 114 Å². The third-order valence-electron chi connectivity index (χ3n) is 19.3. The molecule has 0 aliphatic heterocycles. The first-order valence-corrected chi connectivity index (χ1v) is 35.6. The highest BCUT2D eigenvalue weighted by Gasteiger charge is 2.28.